The number of rotatable bonds is 2. The summed E-state index contributed by atoms with van der Waals surface area (Å²) < 4.78 is 2.23. The van der Waals surface area contributed by atoms with Gasteiger partial charge in [0, 0.05) is 29.6 Å². The first-order valence-electron chi connectivity index (χ1n) is 7.72. The molecule has 1 aromatic heterocycles. The Balaban J connectivity index is 2.17. The highest BCUT2D eigenvalue weighted by atomic mass is 16.1. The molecule has 0 N–H and O–H groups in total. The van der Waals surface area contributed by atoms with Crippen LogP contribution in [0.1, 0.15) is 61.6 Å². The molecule has 0 aliphatic heterocycles. The van der Waals surface area contributed by atoms with E-state index in [1.165, 1.54) is 16.9 Å². The second-order valence-corrected chi connectivity index (χ2v) is 7.20. The molecule has 1 heterocycles. The predicted octanol–water partition coefficient (Wildman–Crippen LogP) is 4.76. The van der Waals surface area contributed by atoms with Gasteiger partial charge in [0.15, 0.2) is 5.78 Å². The third kappa shape index (κ3) is 2.44. The Hall–Kier alpha value is -1.83. The first-order chi connectivity index (χ1) is 9.89. The monoisotopic (exact) mass is 281 g/mol. The van der Waals surface area contributed by atoms with Gasteiger partial charge in [-0.2, -0.15) is 0 Å². The van der Waals surface area contributed by atoms with E-state index in [-0.39, 0.29) is 11.2 Å². The van der Waals surface area contributed by atoms with Gasteiger partial charge in [0.25, 0.3) is 0 Å². The Morgan fingerprint density at radius 3 is 2.52 bits per heavy atom. The minimum absolute atomic E-state index is 0.0486. The van der Waals surface area contributed by atoms with Crippen molar-refractivity contribution in [1.29, 1.82) is 0 Å². The van der Waals surface area contributed by atoms with Gasteiger partial charge in [-0.25, -0.2) is 0 Å². The number of para-hydroxylation sites is 1. The number of Topliss-reactive ketones (excluding diaryl/α,β-unsaturated/α-hetero) is 1. The Morgan fingerprint density at radius 1 is 1.10 bits per heavy atom. The van der Waals surface area contributed by atoms with Crippen molar-refractivity contribution in [3.8, 4) is 5.69 Å². The molecule has 0 radical (unpaired) electrons. The van der Waals surface area contributed by atoms with Gasteiger partial charge in [0.1, 0.15) is 0 Å². The van der Waals surface area contributed by atoms with Crippen LogP contribution >= 0.6 is 0 Å². The Labute approximate surface area is 126 Å². The molecule has 2 heteroatoms. The van der Waals surface area contributed by atoms with Gasteiger partial charge >= 0.3 is 0 Å². The van der Waals surface area contributed by atoms with E-state index in [0.717, 1.165) is 12.0 Å². The molecule has 0 bridgehead atoms. The molecule has 0 fully saturated rings. The Bertz CT molecular complexity index is 691. The van der Waals surface area contributed by atoms with Crippen LogP contribution in [0.3, 0.4) is 0 Å². The summed E-state index contributed by atoms with van der Waals surface area (Å²) in [7, 11) is 0. The molecular weight excluding hydrogens is 258 g/mol. The van der Waals surface area contributed by atoms with Gasteiger partial charge in [0.05, 0.1) is 0 Å². The molecule has 2 nitrogen and oxygen atoms in total. The van der Waals surface area contributed by atoms with Crippen LogP contribution in [-0.4, -0.2) is 10.4 Å². The lowest BCUT2D eigenvalue weighted by molar-refractivity contribution is 0.0911. The molecule has 0 saturated carbocycles. The van der Waals surface area contributed by atoms with Gasteiger partial charge in [-0.1, -0.05) is 45.9 Å². The standard InChI is InChI=1S/C19H23NO/c1-13(2)14-7-5-6-8-16(14)20-10-9-15-17(20)11-19(3,4)12-18(15)21/h5-10,13H,11-12H2,1-4H3. The SMILES string of the molecule is CC(C)c1ccccc1-n1ccc2c1CC(C)(C)CC2=O. The average Bonchev–Trinajstić information content (AvgIpc) is 2.80. The average molecular weight is 281 g/mol. The summed E-state index contributed by atoms with van der Waals surface area (Å²) >= 11 is 0. The maximum Gasteiger partial charge on any atom is 0.165 e. The van der Waals surface area contributed by atoms with E-state index in [1.807, 2.05) is 6.07 Å². The van der Waals surface area contributed by atoms with E-state index in [0.29, 0.717) is 12.3 Å². The van der Waals surface area contributed by atoms with Crippen molar-refractivity contribution in [2.24, 2.45) is 5.41 Å². The fourth-order valence-corrected chi connectivity index (χ4v) is 3.37. The maximum atomic E-state index is 12.4. The van der Waals surface area contributed by atoms with E-state index < -0.39 is 0 Å². The van der Waals surface area contributed by atoms with E-state index in [2.05, 4.69) is 62.7 Å². The summed E-state index contributed by atoms with van der Waals surface area (Å²) in [5.74, 6) is 0.744. The highest BCUT2D eigenvalue weighted by Gasteiger charge is 2.33. The summed E-state index contributed by atoms with van der Waals surface area (Å²) in [6, 6.07) is 10.5. The molecule has 1 aliphatic carbocycles. The Morgan fingerprint density at radius 2 is 1.81 bits per heavy atom. The molecule has 1 aromatic carbocycles. The van der Waals surface area contributed by atoms with Crippen LogP contribution in [0.5, 0.6) is 0 Å². The van der Waals surface area contributed by atoms with Gasteiger partial charge in [0.2, 0.25) is 0 Å². The summed E-state index contributed by atoms with van der Waals surface area (Å²) in [5, 5.41) is 0. The molecule has 1 aliphatic rings. The van der Waals surface area contributed by atoms with Crippen molar-refractivity contribution in [2.75, 3.05) is 0 Å². The van der Waals surface area contributed by atoms with E-state index in [1.54, 1.807) is 0 Å². The summed E-state index contributed by atoms with van der Waals surface area (Å²) in [6.45, 7) is 8.78. The second kappa shape index (κ2) is 4.87. The van der Waals surface area contributed by atoms with Gasteiger partial charge in [-0.3, -0.25) is 4.79 Å². The minimum Gasteiger partial charge on any atom is -0.320 e. The largest absolute Gasteiger partial charge is 0.320 e. The molecule has 0 amide bonds. The van der Waals surface area contributed by atoms with Crippen LogP contribution in [0.25, 0.3) is 5.69 Å². The number of carbonyl (C=O) groups excluding carboxylic acids is 1. The first-order valence-corrected chi connectivity index (χ1v) is 7.72. The predicted molar refractivity (Wildman–Crippen MR) is 86.3 cm³/mol. The minimum atomic E-state index is 0.0486. The van der Waals surface area contributed by atoms with E-state index >= 15 is 0 Å². The molecule has 21 heavy (non-hydrogen) atoms. The molecule has 3 rings (SSSR count). The zero-order valence-corrected chi connectivity index (χ0v) is 13.3. The number of hydrogen-bond acceptors (Lipinski definition) is 1. The quantitative estimate of drug-likeness (QED) is 0.778. The van der Waals surface area contributed by atoms with Gasteiger partial charge in [-0.05, 0) is 35.4 Å². The fraction of sp³-hybridized carbons (Fsp3) is 0.421. The third-order valence-electron chi connectivity index (χ3n) is 4.40. The molecule has 2 aromatic rings. The molecule has 0 atom stereocenters. The van der Waals surface area contributed by atoms with Gasteiger partial charge < -0.3 is 4.57 Å². The number of fused-ring (bicyclic) bond motifs is 1. The molecule has 110 valence electrons. The van der Waals surface area contributed by atoms with E-state index in [9.17, 15) is 4.79 Å². The number of benzene rings is 1. The molecular formula is C19H23NO. The third-order valence-corrected chi connectivity index (χ3v) is 4.40. The zero-order valence-electron chi connectivity index (χ0n) is 13.3. The van der Waals surface area contributed by atoms with Crippen LogP contribution in [0.4, 0.5) is 0 Å². The molecule has 0 saturated heterocycles. The van der Waals surface area contributed by atoms with Crippen LogP contribution < -0.4 is 0 Å². The van der Waals surface area contributed by atoms with Crippen molar-refractivity contribution in [3.05, 3.63) is 53.3 Å². The van der Waals surface area contributed by atoms with Crippen molar-refractivity contribution >= 4 is 5.78 Å². The number of aromatic nitrogens is 1. The number of hydrogen-bond donors (Lipinski definition) is 0. The first kappa shape index (κ1) is 14.1. The highest BCUT2D eigenvalue weighted by molar-refractivity contribution is 5.99. The lowest BCUT2D eigenvalue weighted by atomic mass is 9.76. The van der Waals surface area contributed by atoms with Crippen LogP contribution in [0, 0.1) is 5.41 Å². The van der Waals surface area contributed by atoms with Crippen LogP contribution in [0.2, 0.25) is 0 Å². The summed E-state index contributed by atoms with van der Waals surface area (Å²) in [5.41, 5.74) is 4.66. The van der Waals surface area contributed by atoms with Crippen LogP contribution in [0.15, 0.2) is 36.5 Å². The van der Waals surface area contributed by atoms with Crippen molar-refractivity contribution < 1.29 is 4.79 Å². The van der Waals surface area contributed by atoms with Crippen LogP contribution in [-0.2, 0) is 6.42 Å². The van der Waals surface area contributed by atoms with Crippen molar-refractivity contribution in [3.63, 3.8) is 0 Å². The summed E-state index contributed by atoms with van der Waals surface area (Å²) in [6.07, 6.45) is 3.66. The highest BCUT2D eigenvalue weighted by Crippen LogP contribution is 2.37. The molecule has 0 spiro atoms. The maximum absolute atomic E-state index is 12.4. The van der Waals surface area contributed by atoms with E-state index in [4.69, 9.17) is 0 Å². The zero-order chi connectivity index (χ0) is 15.2. The second-order valence-electron chi connectivity index (χ2n) is 7.20. The lowest BCUT2D eigenvalue weighted by Crippen LogP contribution is -2.27. The van der Waals surface area contributed by atoms with Gasteiger partial charge in [-0.15, -0.1) is 0 Å². The summed E-state index contributed by atoms with van der Waals surface area (Å²) in [4.78, 5) is 12.4. The van der Waals surface area contributed by atoms with Crippen molar-refractivity contribution in [2.45, 2.75) is 46.5 Å². The number of ketones is 1. The Kier molecular flexibility index (Phi) is 3.27. The number of nitrogens with zero attached hydrogens (tertiary/aromatic N) is 1. The van der Waals surface area contributed by atoms with Crippen molar-refractivity contribution in [1.82, 2.24) is 4.57 Å². The smallest absolute Gasteiger partial charge is 0.165 e. The topological polar surface area (TPSA) is 22.0 Å². The molecule has 0 unspecified atom stereocenters. The number of carbonyl (C=O) groups is 1. The normalized spacial score (nSPS) is 17.1. The lowest BCUT2D eigenvalue weighted by Gasteiger charge is -2.30. The fourth-order valence-electron chi connectivity index (χ4n) is 3.37.